The van der Waals surface area contributed by atoms with Gasteiger partial charge in [0.15, 0.2) is 0 Å². The molecule has 0 aliphatic heterocycles. The summed E-state index contributed by atoms with van der Waals surface area (Å²) < 4.78 is 6.22. The highest BCUT2D eigenvalue weighted by atomic mass is 79.9. The van der Waals surface area contributed by atoms with Crippen molar-refractivity contribution in [3.8, 4) is 0 Å². The van der Waals surface area contributed by atoms with E-state index in [1.807, 2.05) is 0 Å². The van der Waals surface area contributed by atoms with Crippen molar-refractivity contribution >= 4 is 49.4 Å². The normalized spacial score (nSPS) is 10.0. The minimum absolute atomic E-state index is 0.205. The van der Waals surface area contributed by atoms with Gasteiger partial charge in [0, 0.05) is 14.0 Å². The third-order valence-electron chi connectivity index (χ3n) is 1.63. The van der Waals surface area contributed by atoms with Crippen LogP contribution in [0.5, 0.6) is 0 Å². The summed E-state index contributed by atoms with van der Waals surface area (Å²) in [5.74, 6) is -0.292. The van der Waals surface area contributed by atoms with Gasteiger partial charge in [0.25, 0.3) is 0 Å². The number of ether oxygens (including phenoxy) is 1. The topological polar surface area (TPSA) is 26.3 Å². The molecule has 1 rings (SSSR count). The van der Waals surface area contributed by atoms with E-state index in [0.29, 0.717) is 5.02 Å². The Morgan fingerprint density at radius 2 is 2.14 bits per heavy atom. The minimum atomic E-state index is -0.292. The van der Waals surface area contributed by atoms with Gasteiger partial charge >= 0.3 is 5.97 Å². The minimum Gasteiger partial charge on any atom is -0.469 e. The van der Waals surface area contributed by atoms with Crippen LogP contribution in [0.15, 0.2) is 21.1 Å². The Morgan fingerprint density at radius 1 is 1.50 bits per heavy atom. The summed E-state index contributed by atoms with van der Waals surface area (Å²) >= 11 is 12.5. The Labute approximate surface area is 104 Å². The van der Waals surface area contributed by atoms with Gasteiger partial charge < -0.3 is 4.74 Å². The van der Waals surface area contributed by atoms with E-state index in [2.05, 4.69) is 36.6 Å². The quantitative estimate of drug-likeness (QED) is 0.607. The third-order valence-corrected chi connectivity index (χ3v) is 3.94. The first kappa shape index (κ1) is 12.0. The average molecular weight is 342 g/mol. The van der Waals surface area contributed by atoms with Gasteiger partial charge in [-0.05, 0) is 49.6 Å². The number of methoxy groups -OCH3 is 1. The van der Waals surface area contributed by atoms with E-state index < -0.39 is 0 Å². The second-order valence-electron chi connectivity index (χ2n) is 2.61. The van der Waals surface area contributed by atoms with Crippen LogP contribution in [0.3, 0.4) is 0 Å². The molecular weight excluding hydrogens is 335 g/mol. The number of carbonyl (C=O) groups is 1. The van der Waals surface area contributed by atoms with E-state index in [0.717, 1.165) is 14.5 Å². The summed E-state index contributed by atoms with van der Waals surface area (Å²) in [6, 6.07) is 3.49. The molecule has 5 heteroatoms. The van der Waals surface area contributed by atoms with Gasteiger partial charge in [0.05, 0.1) is 13.5 Å². The zero-order valence-electron chi connectivity index (χ0n) is 7.31. The van der Waals surface area contributed by atoms with Crippen LogP contribution in [-0.2, 0) is 16.0 Å². The molecule has 76 valence electrons. The van der Waals surface area contributed by atoms with Crippen LogP contribution in [0, 0.1) is 0 Å². The molecule has 0 radical (unpaired) electrons. The van der Waals surface area contributed by atoms with Crippen LogP contribution < -0.4 is 0 Å². The molecule has 0 bridgehead atoms. The Kier molecular flexibility index (Phi) is 4.41. The Bertz CT molecular complexity index is 366. The highest BCUT2D eigenvalue weighted by Crippen LogP contribution is 2.30. The van der Waals surface area contributed by atoms with Crippen molar-refractivity contribution in [2.45, 2.75) is 6.42 Å². The highest BCUT2D eigenvalue weighted by molar-refractivity contribution is 9.13. The standard InChI is InChI=1S/C9H7Br2ClO2/c1-14-8(13)3-5-2-6(12)4-7(10)9(5)11/h2,4H,3H2,1H3. The molecular formula is C9H7Br2ClO2. The van der Waals surface area contributed by atoms with Crippen molar-refractivity contribution in [1.82, 2.24) is 0 Å². The molecule has 14 heavy (non-hydrogen) atoms. The molecule has 1 aromatic carbocycles. The fourth-order valence-corrected chi connectivity index (χ4v) is 2.21. The maximum Gasteiger partial charge on any atom is 0.310 e. The monoisotopic (exact) mass is 340 g/mol. The van der Waals surface area contributed by atoms with Crippen LogP contribution >= 0.6 is 43.5 Å². The molecule has 0 saturated carbocycles. The van der Waals surface area contributed by atoms with Crippen LogP contribution in [0.25, 0.3) is 0 Å². The van der Waals surface area contributed by atoms with Gasteiger partial charge in [-0.1, -0.05) is 11.6 Å². The molecule has 0 fully saturated rings. The summed E-state index contributed by atoms with van der Waals surface area (Å²) in [4.78, 5) is 11.1. The number of benzene rings is 1. The highest BCUT2D eigenvalue weighted by Gasteiger charge is 2.10. The predicted octanol–water partition coefficient (Wildman–Crippen LogP) is 3.58. The number of rotatable bonds is 2. The van der Waals surface area contributed by atoms with E-state index in [9.17, 15) is 4.79 Å². The van der Waals surface area contributed by atoms with Crippen molar-refractivity contribution in [3.05, 3.63) is 31.7 Å². The zero-order valence-corrected chi connectivity index (χ0v) is 11.2. The smallest absolute Gasteiger partial charge is 0.310 e. The number of halogens is 3. The van der Waals surface area contributed by atoms with E-state index in [4.69, 9.17) is 11.6 Å². The van der Waals surface area contributed by atoms with Crippen LogP contribution in [0.4, 0.5) is 0 Å². The molecule has 1 aromatic rings. The van der Waals surface area contributed by atoms with Gasteiger partial charge in [0.2, 0.25) is 0 Å². The van der Waals surface area contributed by atoms with E-state index in [-0.39, 0.29) is 12.4 Å². The van der Waals surface area contributed by atoms with Crippen LogP contribution in [-0.4, -0.2) is 13.1 Å². The largest absolute Gasteiger partial charge is 0.469 e. The van der Waals surface area contributed by atoms with Gasteiger partial charge in [0.1, 0.15) is 0 Å². The summed E-state index contributed by atoms with van der Waals surface area (Å²) in [6.07, 6.45) is 0.205. The van der Waals surface area contributed by atoms with Crippen molar-refractivity contribution in [3.63, 3.8) is 0 Å². The van der Waals surface area contributed by atoms with E-state index in [1.165, 1.54) is 7.11 Å². The second-order valence-corrected chi connectivity index (χ2v) is 4.70. The Morgan fingerprint density at radius 3 is 2.71 bits per heavy atom. The molecule has 0 aromatic heterocycles. The number of hydrogen-bond acceptors (Lipinski definition) is 2. The van der Waals surface area contributed by atoms with E-state index in [1.54, 1.807) is 12.1 Å². The van der Waals surface area contributed by atoms with Crippen LogP contribution in [0.1, 0.15) is 5.56 Å². The lowest BCUT2D eigenvalue weighted by molar-refractivity contribution is -0.139. The van der Waals surface area contributed by atoms with Gasteiger partial charge in [-0.15, -0.1) is 0 Å². The van der Waals surface area contributed by atoms with Crippen molar-refractivity contribution in [2.24, 2.45) is 0 Å². The fraction of sp³-hybridized carbons (Fsp3) is 0.222. The summed E-state index contributed by atoms with van der Waals surface area (Å²) in [5, 5.41) is 0.582. The molecule has 0 unspecified atom stereocenters. The molecule has 0 saturated heterocycles. The molecule has 0 aliphatic carbocycles. The van der Waals surface area contributed by atoms with Crippen molar-refractivity contribution in [1.29, 1.82) is 0 Å². The Hall–Kier alpha value is -0.0600. The molecule has 0 amide bonds. The van der Waals surface area contributed by atoms with Gasteiger partial charge in [-0.2, -0.15) is 0 Å². The first-order valence-electron chi connectivity index (χ1n) is 3.75. The average Bonchev–Trinajstić information content (AvgIpc) is 2.13. The first-order valence-corrected chi connectivity index (χ1v) is 5.71. The maximum atomic E-state index is 11.1. The first-order chi connectivity index (χ1) is 6.54. The predicted molar refractivity (Wildman–Crippen MR) is 62.6 cm³/mol. The van der Waals surface area contributed by atoms with Gasteiger partial charge in [-0.3, -0.25) is 4.79 Å². The second kappa shape index (κ2) is 5.14. The lowest BCUT2D eigenvalue weighted by Crippen LogP contribution is -2.05. The Balaban J connectivity index is 3.02. The molecule has 0 heterocycles. The van der Waals surface area contributed by atoms with Gasteiger partial charge in [-0.25, -0.2) is 0 Å². The van der Waals surface area contributed by atoms with E-state index >= 15 is 0 Å². The number of esters is 1. The number of hydrogen-bond donors (Lipinski definition) is 0. The lowest BCUT2D eigenvalue weighted by atomic mass is 10.1. The lowest BCUT2D eigenvalue weighted by Gasteiger charge is -2.05. The zero-order chi connectivity index (χ0) is 10.7. The SMILES string of the molecule is COC(=O)Cc1cc(Cl)cc(Br)c1Br. The third kappa shape index (κ3) is 2.97. The van der Waals surface area contributed by atoms with Crippen molar-refractivity contribution in [2.75, 3.05) is 7.11 Å². The summed E-state index contributed by atoms with van der Waals surface area (Å²) in [7, 11) is 1.36. The summed E-state index contributed by atoms with van der Waals surface area (Å²) in [6.45, 7) is 0. The van der Waals surface area contributed by atoms with Crippen molar-refractivity contribution < 1.29 is 9.53 Å². The van der Waals surface area contributed by atoms with Crippen LogP contribution in [0.2, 0.25) is 5.02 Å². The fourth-order valence-electron chi connectivity index (χ4n) is 0.966. The molecule has 0 N–H and O–H groups in total. The maximum absolute atomic E-state index is 11.1. The summed E-state index contributed by atoms with van der Waals surface area (Å²) in [5.41, 5.74) is 0.802. The molecule has 0 aliphatic rings. The molecule has 0 atom stereocenters. The molecule has 2 nitrogen and oxygen atoms in total. The molecule has 0 spiro atoms. The number of carbonyl (C=O) groups excluding carboxylic acids is 1.